The average molecular weight is 200 g/mol. The van der Waals surface area contributed by atoms with Crippen LogP contribution in [0.2, 0.25) is 0 Å². The van der Waals surface area contributed by atoms with Crippen LogP contribution in [0.1, 0.15) is 20.3 Å². The molecule has 0 aromatic rings. The molecule has 1 aliphatic heterocycles. The van der Waals surface area contributed by atoms with Gasteiger partial charge in [0.05, 0.1) is 0 Å². The van der Waals surface area contributed by atoms with E-state index in [1.165, 1.54) is 7.11 Å². The molecular weight excluding hydrogens is 183 g/mol. The number of terminal acetylenes is 1. The second-order valence-electron chi connectivity index (χ2n) is 4.57. The largest absolute Gasteiger partial charge is 0.332 e. The summed E-state index contributed by atoms with van der Waals surface area (Å²) in [7, 11) is -0.907. The van der Waals surface area contributed by atoms with Crippen LogP contribution in [0.3, 0.4) is 0 Å². The van der Waals surface area contributed by atoms with Crippen molar-refractivity contribution in [1.29, 1.82) is 0 Å². The molecule has 1 aliphatic rings. The molecule has 2 unspecified atom stereocenters. The van der Waals surface area contributed by atoms with Gasteiger partial charge in [0.1, 0.15) is 0 Å². The van der Waals surface area contributed by atoms with Crippen LogP contribution in [0.5, 0.6) is 0 Å². The Morgan fingerprint density at radius 1 is 1.62 bits per heavy atom. The Kier molecular flexibility index (Phi) is 2.90. The standard InChI is InChI=1S/C10H17O2P/c1-5-9-6-10(2,3)8-13(11,7-9)12-4/h1,9H,6-8H2,2-4H3. The van der Waals surface area contributed by atoms with Gasteiger partial charge in [0.15, 0.2) is 0 Å². The zero-order valence-electron chi connectivity index (χ0n) is 8.54. The summed E-state index contributed by atoms with van der Waals surface area (Å²) in [6.07, 6.45) is 7.55. The topological polar surface area (TPSA) is 26.3 Å². The Bertz CT molecular complexity index is 275. The van der Waals surface area contributed by atoms with Crippen LogP contribution >= 0.6 is 7.37 Å². The van der Waals surface area contributed by atoms with Gasteiger partial charge >= 0.3 is 0 Å². The third-order valence-electron chi connectivity index (χ3n) is 2.53. The van der Waals surface area contributed by atoms with Crippen LogP contribution in [-0.2, 0) is 9.09 Å². The Labute approximate surface area is 80.5 Å². The number of hydrogen-bond acceptors (Lipinski definition) is 2. The molecule has 0 aromatic carbocycles. The molecule has 1 fully saturated rings. The lowest BCUT2D eigenvalue weighted by atomic mass is 9.85. The zero-order valence-corrected chi connectivity index (χ0v) is 9.43. The maximum Gasteiger partial charge on any atom is 0.204 e. The smallest absolute Gasteiger partial charge is 0.204 e. The molecule has 0 saturated carbocycles. The number of hydrogen-bond donors (Lipinski definition) is 0. The fourth-order valence-electron chi connectivity index (χ4n) is 2.10. The van der Waals surface area contributed by atoms with Crippen LogP contribution in [0.4, 0.5) is 0 Å². The molecule has 0 amide bonds. The van der Waals surface area contributed by atoms with E-state index in [9.17, 15) is 4.57 Å². The van der Waals surface area contributed by atoms with Crippen molar-refractivity contribution in [2.45, 2.75) is 20.3 Å². The Morgan fingerprint density at radius 3 is 2.69 bits per heavy atom. The second kappa shape index (κ2) is 3.48. The fourth-order valence-corrected chi connectivity index (χ4v) is 4.85. The lowest BCUT2D eigenvalue weighted by molar-refractivity contribution is 0.288. The first-order chi connectivity index (χ1) is 5.91. The van der Waals surface area contributed by atoms with E-state index < -0.39 is 7.37 Å². The summed E-state index contributed by atoms with van der Waals surface area (Å²) >= 11 is 0. The molecule has 0 radical (unpaired) electrons. The monoisotopic (exact) mass is 200 g/mol. The van der Waals surface area contributed by atoms with Crippen molar-refractivity contribution >= 4 is 7.37 Å². The van der Waals surface area contributed by atoms with Crippen LogP contribution in [0.25, 0.3) is 0 Å². The predicted octanol–water partition coefficient (Wildman–Crippen LogP) is 2.59. The van der Waals surface area contributed by atoms with Crippen molar-refractivity contribution in [3.05, 3.63) is 0 Å². The highest BCUT2D eigenvalue weighted by molar-refractivity contribution is 7.59. The van der Waals surface area contributed by atoms with E-state index in [0.29, 0.717) is 12.3 Å². The summed E-state index contributed by atoms with van der Waals surface area (Å²) in [5, 5.41) is 0. The first kappa shape index (κ1) is 10.8. The van der Waals surface area contributed by atoms with E-state index in [0.717, 1.165) is 6.42 Å². The molecule has 3 heteroatoms. The highest BCUT2D eigenvalue weighted by Crippen LogP contribution is 2.57. The molecule has 74 valence electrons. The maximum absolute atomic E-state index is 12.1. The minimum absolute atomic E-state index is 0.0564. The minimum Gasteiger partial charge on any atom is -0.332 e. The van der Waals surface area contributed by atoms with E-state index in [2.05, 4.69) is 19.8 Å². The third-order valence-corrected chi connectivity index (χ3v) is 5.54. The molecule has 0 spiro atoms. The predicted molar refractivity (Wildman–Crippen MR) is 55.1 cm³/mol. The Morgan fingerprint density at radius 2 is 2.23 bits per heavy atom. The summed E-state index contributed by atoms with van der Waals surface area (Å²) in [6.45, 7) is 4.20. The summed E-state index contributed by atoms with van der Waals surface area (Å²) in [6, 6.07) is 0. The third kappa shape index (κ3) is 2.59. The highest BCUT2D eigenvalue weighted by Gasteiger charge is 2.40. The Balaban J connectivity index is 2.85. The van der Waals surface area contributed by atoms with Gasteiger partial charge in [-0.25, -0.2) is 0 Å². The summed E-state index contributed by atoms with van der Waals surface area (Å²) in [4.78, 5) is 0. The van der Waals surface area contributed by atoms with Crippen molar-refractivity contribution in [3.8, 4) is 12.3 Å². The highest BCUT2D eigenvalue weighted by atomic mass is 31.2. The molecule has 0 aromatic heterocycles. The fraction of sp³-hybridized carbons (Fsp3) is 0.800. The molecule has 1 saturated heterocycles. The summed E-state index contributed by atoms with van der Waals surface area (Å²) in [5.41, 5.74) is 0.0564. The van der Waals surface area contributed by atoms with E-state index in [1.807, 2.05) is 0 Å². The van der Waals surface area contributed by atoms with Crippen molar-refractivity contribution in [2.75, 3.05) is 19.4 Å². The van der Waals surface area contributed by atoms with Gasteiger partial charge in [0.25, 0.3) is 0 Å². The molecule has 0 aliphatic carbocycles. The van der Waals surface area contributed by atoms with E-state index in [1.54, 1.807) is 0 Å². The Hall–Kier alpha value is -0.250. The normalized spacial score (nSPS) is 38.2. The van der Waals surface area contributed by atoms with Crippen molar-refractivity contribution in [3.63, 3.8) is 0 Å². The first-order valence-corrected chi connectivity index (χ1v) is 6.50. The summed E-state index contributed by atoms with van der Waals surface area (Å²) in [5.74, 6) is 2.82. The van der Waals surface area contributed by atoms with Crippen molar-refractivity contribution in [2.24, 2.45) is 11.3 Å². The van der Waals surface area contributed by atoms with Crippen molar-refractivity contribution < 1.29 is 9.09 Å². The van der Waals surface area contributed by atoms with Crippen LogP contribution in [0, 0.1) is 23.7 Å². The quantitative estimate of drug-likeness (QED) is 0.480. The van der Waals surface area contributed by atoms with Crippen LogP contribution in [-0.4, -0.2) is 19.4 Å². The lowest BCUT2D eigenvalue weighted by Crippen LogP contribution is -2.29. The van der Waals surface area contributed by atoms with E-state index >= 15 is 0 Å². The van der Waals surface area contributed by atoms with Gasteiger partial charge < -0.3 is 4.52 Å². The number of rotatable bonds is 1. The van der Waals surface area contributed by atoms with Gasteiger partial charge in [-0.05, 0) is 11.8 Å². The zero-order chi connectivity index (χ0) is 10.1. The second-order valence-corrected chi connectivity index (χ2v) is 7.25. The molecule has 13 heavy (non-hydrogen) atoms. The van der Waals surface area contributed by atoms with Gasteiger partial charge in [-0.2, -0.15) is 0 Å². The SMILES string of the molecule is C#CC1CC(C)(C)CP(=O)(OC)C1. The van der Waals surface area contributed by atoms with Gasteiger partial charge in [-0.15, -0.1) is 12.3 Å². The van der Waals surface area contributed by atoms with Gasteiger partial charge in [0.2, 0.25) is 7.37 Å². The average Bonchev–Trinajstić information content (AvgIpc) is 2.01. The molecule has 0 N–H and O–H groups in total. The van der Waals surface area contributed by atoms with Crippen LogP contribution in [0.15, 0.2) is 0 Å². The minimum atomic E-state index is -2.43. The molecule has 2 nitrogen and oxygen atoms in total. The molecule has 1 heterocycles. The first-order valence-electron chi connectivity index (χ1n) is 4.51. The van der Waals surface area contributed by atoms with E-state index in [4.69, 9.17) is 10.9 Å². The molecular formula is C10H17O2P. The molecule has 1 rings (SSSR count). The van der Waals surface area contributed by atoms with Gasteiger partial charge in [0, 0.05) is 25.4 Å². The van der Waals surface area contributed by atoms with Gasteiger partial charge in [-0.1, -0.05) is 13.8 Å². The molecule has 2 atom stereocenters. The van der Waals surface area contributed by atoms with Crippen molar-refractivity contribution in [1.82, 2.24) is 0 Å². The molecule has 0 bridgehead atoms. The lowest BCUT2D eigenvalue weighted by Gasteiger charge is -2.37. The maximum atomic E-state index is 12.1. The van der Waals surface area contributed by atoms with Crippen LogP contribution < -0.4 is 0 Å². The van der Waals surface area contributed by atoms with Gasteiger partial charge in [-0.3, -0.25) is 4.57 Å². The van der Waals surface area contributed by atoms with E-state index in [-0.39, 0.29) is 11.3 Å². The summed E-state index contributed by atoms with van der Waals surface area (Å²) < 4.78 is 17.2.